The van der Waals surface area contributed by atoms with Gasteiger partial charge >= 0.3 is 0 Å². The molecule has 3 heteroatoms. The van der Waals surface area contributed by atoms with Crippen LogP contribution < -0.4 is 0 Å². The summed E-state index contributed by atoms with van der Waals surface area (Å²) in [5.41, 5.74) is 2.33. The van der Waals surface area contributed by atoms with Crippen molar-refractivity contribution in [2.45, 2.75) is 97.6 Å². The molecular formula is C26H44O2Si. The highest BCUT2D eigenvalue weighted by atomic mass is 28.4. The molecule has 29 heavy (non-hydrogen) atoms. The number of hydrogen-bond donors (Lipinski definition) is 1. The second-order valence-corrected chi connectivity index (χ2v) is 16.8. The molecule has 2 nitrogen and oxygen atoms in total. The van der Waals surface area contributed by atoms with Crippen molar-refractivity contribution in [2.75, 3.05) is 0 Å². The van der Waals surface area contributed by atoms with Crippen LogP contribution in [0, 0.1) is 40.4 Å². The van der Waals surface area contributed by atoms with Crippen LogP contribution in [0.25, 0.3) is 0 Å². The molecule has 0 bridgehead atoms. The van der Waals surface area contributed by atoms with Gasteiger partial charge in [-0.15, -0.1) is 6.58 Å². The van der Waals surface area contributed by atoms with Gasteiger partial charge in [0.1, 0.15) is 0 Å². The van der Waals surface area contributed by atoms with E-state index in [9.17, 15) is 5.11 Å². The zero-order valence-electron chi connectivity index (χ0n) is 19.7. The summed E-state index contributed by atoms with van der Waals surface area (Å²) >= 11 is 0. The number of allylic oxidation sites excluding steroid dienone is 2. The molecule has 0 aromatic heterocycles. The van der Waals surface area contributed by atoms with Gasteiger partial charge in [0, 0.05) is 6.10 Å². The molecule has 3 unspecified atom stereocenters. The van der Waals surface area contributed by atoms with Crippen molar-refractivity contribution < 1.29 is 9.53 Å². The van der Waals surface area contributed by atoms with E-state index in [0.29, 0.717) is 29.3 Å². The van der Waals surface area contributed by atoms with Gasteiger partial charge in [-0.3, -0.25) is 0 Å². The van der Waals surface area contributed by atoms with Crippen molar-refractivity contribution in [3.8, 4) is 0 Å². The Morgan fingerprint density at radius 3 is 2.59 bits per heavy atom. The second-order valence-electron chi connectivity index (χ2n) is 12.3. The minimum atomic E-state index is -1.48. The largest absolute Gasteiger partial charge is 0.414 e. The van der Waals surface area contributed by atoms with Gasteiger partial charge in [-0.05, 0) is 105 Å². The van der Waals surface area contributed by atoms with Crippen molar-refractivity contribution in [2.24, 2.45) is 40.4 Å². The Morgan fingerprint density at radius 1 is 1.21 bits per heavy atom. The average Bonchev–Trinajstić information content (AvgIpc) is 2.90. The molecule has 0 spiro atoms. The molecule has 4 aliphatic carbocycles. The fraction of sp³-hybridized carbons (Fsp3) is 0.846. The second kappa shape index (κ2) is 7.34. The Bertz CT molecular complexity index is 679. The molecule has 0 radical (unpaired) electrons. The van der Waals surface area contributed by atoms with Gasteiger partial charge in [0.05, 0.1) is 6.10 Å². The van der Waals surface area contributed by atoms with Gasteiger partial charge < -0.3 is 9.53 Å². The van der Waals surface area contributed by atoms with Crippen molar-refractivity contribution in [1.82, 2.24) is 0 Å². The highest BCUT2D eigenvalue weighted by Crippen LogP contribution is 2.67. The van der Waals surface area contributed by atoms with E-state index in [2.05, 4.69) is 59.1 Å². The lowest BCUT2D eigenvalue weighted by molar-refractivity contribution is -0.0565. The van der Waals surface area contributed by atoms with Gasteiger partial charge in [0.25, 0.3) is 0 Å². The molecule has 0 aromatic rings. The van der Waals surface area contributed by atoms with E-state index >= 15 is 0 Å². The monoisotopic (exact) mass is 416 g/mol. The van der Waals surface area contributed by atoms with E-state index in [0.717, 1.165) is 24.7 Å². The molecule has 1 N–H and O–H groups in total. The smallest absolute Gasteiger partial charge is 0.184 e. The fourth-order valence-electron chi connectivity index (χ4n) is 8.38. The molecule has 0 aromatic carbocycles. The molecule has 4 rings (SSSR count). The van der Waals surface area contributed by atoms with Crippen molar-refractivity contribution in [3.63, 3.8) is 0 Å². The topological polar surface area (TPSA) is 29.5 Å². The van der Waals surface area contributed by atoms with E-state index in [1.807, 2.05) is 0 Å². The maximum atomic E-state index is 11.0. The Hall–Kier alpha value is -0.383. The zero-order valence-corrected chi connectivity index (χ0v) is 20.7. The lowest BCUT2D eigenvalue weighted by Crippen LogP contribution is -2.51. The lowest BCUT2D eigenvalue weighted by Gasteiger charge is -2.58. The van der Waals surface area contributed by atoms with Gasteiger partial charge in [-0.1, -0.05) is 38.5 Å². The molecule has 3 saturated carbocycles. The molecule has 4 aliphatic rings. The van der Waals surface area contributed by atoms with E-state index in [-0.39, 0.29) is 11.5 Å². The summed E-state index contributed by atoms with van der Waals surface area (Å²) in [6, 6.07) is 0. The number of fused-ring (bicyclic) bond motifs is 5. The maximum Gasteiger partial charge on any atom is 0.184 e. The summed E-state index contributed by atoms with van der Waals surface area (Å²) in [6.45, 7) is 18.3. The predicted molar refractivity (Wildman–Crippen MR) is 124 cm³/mol. The van der Waals surface area contributed by atoms with Gasteiger partial charge in [0.2, 0.25) is 0 Å². The zero-order chi connectivity index (χ0) is 21.2. The van der Waals surface area contributed by atoms with E-state index in [1.54, 1.807) is 5.57 Å². The summed E-state index contributed by atoms with van der Waals surface area (Å²) < 4.78 is 6.52. The van der Waals surface area contributed by atoms with Gasteiger partial charge in [-0.25, -0.2) is 0 Å². The lowest BCUT2D eigenvalue weighted by atomic mass is 9.47. The summed E-state index contributed by atoms with van der Waals surface area (Å²) in [5, 5.41) is 11.0. The number of aliphatic hydroxyl groups excluding tert-OH is 1. The predicted octanol–water partition coefficient (Wildman–Crippen LogP) is 6.58. The SMILES string of the molecule is C=C[C@@H](C)[C@H]1[C@H](O)CC2C3CC=C4C[C@@H](O[Si](C)(C)C)CC[C@]4(C)C3CC[C@@]21C. The molecule has 9 atom stereocenters. The highest BCUT2D eigenvalue weighted by Gasteiger charge is 2.61. The standard InChI is InChI=1S/C26H44O2Si/c1-8-17(2)24-23(27)16-22-20-10-9-18-15-19(28-29(5,6)7)11-13-25(18,3)21(20)12-14-26(22,24)4/h8-9,17,19-24,27H,1,10-16H2,2-7H3/t17-,19+,20?,21?,22?,23-,24+,25+,26+/m1/s1. The number of hydrogen-bond acceptors (Lipinski definition) is 2. The molecular weight excluding hydrogens is 372 g/mol. The first-order valence-electron chi connectivity index (χ1n) is 12.2. The van der Waals surface area contributed by atoms with Crippen LogP contribution in [0.15, 0.2) is 24.3 Å². The minimum absolute atomic E-state index is 0.157. The summed E-state index contributed by atoms with van der Waals surface area (Å²) in [6.07, 6.45) is 13.5. The van der Waals surface area contributed by atoms with Crippen LogP contribution >= 0.6 is 0 Å². The minimum Gasteiger partial charge on any atom is -0.414 e. The third-order valence-electron chi connectivity index (χ3n) is 9.63. The first-order chi connectivity index (χ1) is 13.5. The van der Waals surface area contributed by atoms with E-state index < -0.39 is 8.32 Å². The Balaban J connectivity index is 1.58. The number of rotatable bonds is 4. The first-order valence-corrected chi connectivity index (χ1v) is 15.6. The van der Waals surface area contributed by atoms with E-state index in [1.165, 1.54) is 32.1 Å². The van der Waals surface area contributed by atoms with Crippen LogP contribution in [-0.2, 0) is 4.43 Å². The third kappa shape index (κ3) is 3.53. The fourth-order valence-corrected chi connectivity index (χ4v) is 9.58. The molecule has 0 saturated heterocycles. The van der Waals surface area contributed by atoms with Gasteiger partial charge in [0.15, 0.2) is 8.32 Å². The van der Waals surface area contributed by atoms with Crippen LogP contribution in [0.3, 0.4) is 0 Å². The van der Waals surface area contributed by atoms with Crippen molar-refractivity contribution in [3.05, 3.63) is 24.3 Å². The Morgan fingerprint density at radius 2 is 1.93 bits per heavy atom. The summed E-state index contributed by atoms with van der Waals surface area (Å²) in [4.78, 5) is 0. The molecule has 3 fully saturated rings. The molecule has 0 heterocycles. The third-order valence-corrected chi connectivity index (χ3v) is 10.7. The quantitative estimate of drug-likeness (QED) is 0.414. The van der Waals surface area contributed by atoms with Gasteiger partial charge in [-0.2, -0.15) is 0 Å². The van der Waals surface area contributed by atoms with Crippen LogP contribution in [-0.4, -0.2) is 25.6 Å². The van der Waals surface area contributed by atoms with Crippen molar-refractivity contribution >= 4 is 8.32 Å². The maximum absolute atomic E-state index is 11.0. The Kier molecular flexibility index (Phi) is 5.53. The molecule has 164 valence electrons. The van der Waals surface area contributed by atoms with Crippen LogP contribution in [0.1, 0.15) is 65.7 Å². The molecule has 0 aliphatic heterocycles. The summed E-state index contributed by atoms with van der Waals surface area (Å²) in [5.74, 6) is 2.97. The van der Waals surface area contributed by atoms with Crippen LogP contribution in [0.2, 0.25) is 19.6 Å². The normalized spacial score (nSPS) is 48.2. The highest BCUT2D eigenvalue weighted by molar-refractivity contribution is 6.69. The van der Waals surface area contributed by atoms with E-state index in [4.69, 9.17) is 4.43 Å². The Labute approximate surface area is 180 Å². The summed E-state index contributed by atoms with van der Waals surface area (Å²) in [7, 11) is -1.48. The van der Waals surface area contributed by atoms with Crippen LogP contribution in [0.5, 0.6) is 0 Å². The van der Waals surface area contributed by atoms with Crippen LogP contribution in [0.4, 0.5) is 0 Å². The molecule has 0 amide bonds. The average molecular weight is 417 g/mol. The number of aliphatic hydroxyl groups is 1. The first kappa shape index (κ1) is 21.8. The van der Waals surface area contributed by atoms with Crippen molar-refractivity contribution in [1.29, 1.82) is 0 Å².